The van der Waals surface area contributed by atoms with Crippen LogP contribution in [0.4, 0.5) is 0 Å². The second kappa shape index (κ2) is 7.38. The first-order valence-corrected chi connectivity index (χ1v) is 5.02. The van der Waals surface area contributed by atoms with Gasteiger partial charge in [0.15, 0.2) is 0 Å². The van der Waals surface area contributed by atoms with Crippen LogP contribution in [0, 0.1) is 0 Å². The largest absolute Gasteiger partial charge is 0.318 e. The molecule has 0 atom stereocenters. The Morgan fingerprint density at radius 2 is 2.10 bits per heavy atom. The van der Waals surface area contributed by atoms with Gasteiger partial charge in [-0.25, -0.2) is 0 Å². The molecule has 0 saturated heterocycles. The average Bonchev–Trinajstić information content (AvgIpc) is 1.97. The molecule has 0 aliphatic heterocycles. The van der Waals surface area contributed by atoms with Crippen LogP contribution in [0.5, 0.6) is 0 Å². The van der Waals surface area contributed by atoms with Crippen molar-refractivity contribution >= 4 is 11.8 Å². The van der Waals surface area contributed by atoms with Crippen LogP contribution in [0.15, 0.2) is 0 Å². The van der Waals surface area contributed by atoms with Gasteiger partial charge in [0, 0.05) is 25.4 Å². The molecule has 0 aromatic heterocycles. The summed E-state index contributed by atoms with van der Waals surface area (Å²) in [7, 11) is 4.15. The first kappa shape index (κ1) is 10.3. The molecular formula is C7H18N2S. The van der Waals surface area contributed by atoms with Gasteiger partial charge in [-0.2, -0.15) is 11.8 Å². The maximum Gasteiger partial charge on any atom is 0.0104 e. The van der Waals surface area contributed by atoms with Gasteiger partial charge in [0.1, 0.15) is 0 Å². The number of hydrogen-bond acceptors (Lipinski definition) is 3. The molecule has 62 valence electrons. The molecule has 0 aromatic carbocycles. The highest BCUT2D eigenvalue weighted by atomic mass is 32.2. The molecule has 0 aromatic rings. The summed E-state index contributed by atoms with van der Waals surface area (Å²) in [4.78, 5) is 2.34. The lowest BCUT2D eigenvalue weighted by molar-refractivity contribution is 0.356. The van der Waals surface area contributed by atoms with Gasteiger partial charge in [0.25, 0.3) is 0 Å². The fourth-order valence-corrected chi connectivity index (χ4v) is 1.16. The van der Waals surface area contributed by atoms with E-state index >= 15 is 0 Å². The highest BCUT2D eigenvalue weighted by Crippen LogP contribution is 1.91. The summed E-state index contributed by atoms with van der Waals surface area (Å²) in [5.74, 6) is 1.24. The first-order valence-electron chi connectivity index (χ1n) is 3.63. The van der Waals surface area contributed by atoms with Crippen molar-refractivity contribution in [2.75, 3.05) is 45.7 Å². The van der Waals surface area contributed by atoms with Crippen LogP contribution in [-0.4, -0.2) is 50.6 Å². The normalized spacial score (nSPS) is 10.8. The minimum absolute atomic E-state index is 1.09. The Hall–Kier alpha value is 0.270. The molecule has 0 saturated carbocycles. The zero-order chi connectivity index (χ0) is 7.82. The van der Waals surface area contributed by atoms with Crippen molar-refractivity contribution in [3.63, 3.8) is 0 Å². The molecule has 0 aliphatic rings. The van der Waals surface area contributed by atoms with E-state index in [1.54, 1.807) is 0 Å². The third kappa shape index (κ3) is 6.39. The summed E-state index contributed by atoms with van der Waals surface area (Å²) < 4.78 is 0. The number of rotatable bonds is 6. The Balaban J connectivity index is 3.00. The molecule has 2 nitrogen and oxygen atoms in total. The monoisotopic (exact) mass is 162 g/mol. The molecule has 0 aliphatic carbocycles. The van der Waals surface area contributed by atoms with Crippen molar-refractivity contribution in [2.24, 2.45) is 0 Å². The summed E-state index contributed by atoms with van der Waals surface area (Å²) in [6.45, 7) is 3.44. The molecule has 0 fully saturated rings. The molecule has 0 spiro atoms. The van der Waals surface area contributed by atoms with Crippen LogP contribution in [0.1, 0.15) is 0 Å². The van der Waals surface area contributed by atoms with Gasteiger partial charge >= 0.3 is 0 Å². The van der Waals surface area contributed by atoms with Crippen molar-refractivity contribution in [3.05, 3.63) is 0 Å². The Morgan fingerprint density at radius 3 is 2.60 bits per heavy atom. The molecular weight excluding hydrogens is 144 g/mol. The van der Waals surface area contributed by atoms with Crippen LogP contribution in [0.25, 0.3) is 0 Å². The fourth-order valence-electron chi connectivity index (χ4n) is 0.662. The number of nitrogens with one attached hydrogen (secondary N) is 1. The molecule has 0 rings (SSSR count). The highest BCUT2D eigenvalue weighted by molar-refractivity contribution is 7.98. The summed E-state index contributed by atoms with van der Waals surface area (Å²) >= 11 is 1.90. The summed E-state index contributed by atoms with van der Waals surface area (Å²) in [5, 5.41) is 3.13. The van der Waals surface area contributed by atoms with E-state index in [1.165, 1.54) is 12.3 Å². The van der Waals surface area contributed by atoms with E-state index in [9.17, 15) is 0 Å². The maximum absolute atomic E-state index is 3.13. The topological polar surface area (TPSA) is 15.3 Å². The summed E-state index contributed by atoms with van der Waals surface area (Å²) in [5.41, 5.74) is 0. The minimum atomic E-state index is 1.09. The van der Waals surface area contributed by atoms with Gasteiger partial charge < -0.3 is 10.2 Å². The van der Waals surface area contributed by atoms with Crippen LogP contribution >= 0.6 is 11.8 Å². The van der Waals surface area contributed by atoms with Crippen LogP contribution in [0.2, 0.25) is 0 Å². The second-order valence-corrected chi connectivity index (χ2v) is 3.39. The molecule has 0 heterocycles. The second-order valence-electron chi connectivity index (χ2n) is 2.40. The predicted molar refractivity (Wildman–Crippen MR) is 49.8 cm³/mol. The third-order valence-corrected chi connectivity index (χ3v) is 2.01. The zero-order valence-electron chi connectivity index (χ0n) is 7.18. The standard InChI is InChI=1S/C7H18N2S/c1-8-4-5-9(2)6-7-10-3/h8H,4-7H2,1-3H3. The third-order valence-electron chi connectivity index (χ3n) is 1.42. The van der Waals surface area contributed by atoms with E-state index < -0.39 is 0 Å². The molecule has 0 unspecified atom stereocenters. The molecule has 0 amide bonds. The summed E-state index contributed by atoms with van der Waals surface area (Å²) in [6, 6.07) is 0. The van der Waals surface area contributed by atoms with Crippen LogP contribution < -0.4 is 5.32 Å². The average molecular weight is 162 g/mol. The van der Waals surface area contributed by atoms with Crippen molar-refractivity contribution in [2.45, 2.75) is 0 Å². The number of hydrogen-bond donors (Lipinski definition) is 1. The molecule has 3 heteroatoms. The van der Waals surface area contributed by atoms with Gasteiger partial charge in [0.2, 0.25) is 0 Å². The summed E-state index contributed by atoms with van der Waals surface area (Å²) in [6.07, 6.45) is 2.14. The molecule has 10 heavy (non-hydrogen) atoms. The lowest BCUT2D eigenvalue weighted by atomic mass is 10.5. The van der Waals surface area contributed by atoms with Crippen molar-refractivity contribution in [1.82, 2.24) is 10.2 Å². The minimum Gasteiger partial charge on any atom is -0.318 e. The van der Waals surface area contributed by atoms with E-state index in [4.69, 9.17) is 0 Å². The smallest absolute Gasteiger partial charge is 0.0104 e. The van der Waals surface area contributed by atoms with Crippen LogP contribution in [0.3, 0.4) is 0 Å². The van der Waals surface area contributed by atoms with Crippen LogP contribution in [-0.2, 0) is 0 Å². The SMILES string of the molecule is CNCCN(C)CCSC. The van der Waals surface area contributed by atoms with Crippen molar-refractivity contribution < 1.29 is 0 Å². The molecule has 1 N–H and O–H groups in total. The zero-order valence-corrected chi connectivity index (χ0v) is 8.00. The maximum atomic E-state index is 3.13. The Morgan fingerprint density at radius 1 is 1.40 bits per heavy atom. The van der Waals surface area contributed by atoms with Gasteiger partial charge in [-0.1, -0.05) is 0 Å². The van der Waals surface area contributed by atoms with Gasteiger partial charge in [-0.15, -0.1) is 0 Å². The highest BCUT2D eigenvalue weighted by Gasteiger charge is 1.94. The number of likely N-dealkylation sites (N-methyl/N-ethyl adjacent to an activating group) is 2. The Labute approximate surface area is 68.4 Å². The lowest BCUT2D eigenvalue weighted by Gasteiger charge is -2.14. The molecule has 0 radical (unpaired) electrons. The van der Waals surface area contributed by atoms with E-state index in [0.717, 1.165) is 13.1 Å². The van der Waals surface area contributed by atoms with E-state index in [0.29, 0.717) is 0 Å². The van der Waals surface area contributed by atoms with E-state index in [-0.39, 0.29) is 0 Å². The van der Waals surface area contributed by atoms with Crippen molar-refractivity contribution in [3.8, 4) is 0 Å². The molecule has 0 bridgehead atoms. The quantitative estimate of drug-likeness (QED) is 0.612. The fraction of sp³-hybridized carbons (Fsp3) is 1.00. The lowest BCUT2D eigenvalue weighted by Crippen LogP contribution is -2.29. The number of nitrogens with zero attached hydrogens (tertiary/aromatic N) is 1. The van der Waals surface area contributed by atoms with Gasteiger partial charge in [-0.3, -0.25) is 0 Å². The predicted octanol–water partition coefficient (Wildman–Crippen LogP) is 0.501. The van der Waals surface area contributed by atoms with E-state index in [2.05, 4.69) is 23.5 Å². The van der Waals surface area contributed by atoms with Gasteiger partial charge in [0.05, 0.1) is 0 Å². The Kier molecular flexibility index (Phi) is 7.58. The van der Waals surface area contributed by atoms with E-state index in [1.807, 2.05) is 18.8 Å². The first-order chi connectivity index (χ1) is 4.81. The van der Waals surface area contributed by atoms with Crippen molar-refractivity contribution in [1.29, 1.82) is 0 Å². The van der Waals surface area contributed by atoms with Gasteiger partial charge in [-0.05, 0) is 20.4 Å². The Bertz CT molecular complexity index is 60.6. The number of thioether (sulfide) groups is 1.